The lowest BCUT2D eigenvalue weighted by Crippen LogP contribution is -2.09. The summed E-state index contributed by atoms with van der Waals surface area (Å²) in [6, 6.07) is 7.76. The topological polar surface area (TPSA) is 34.9 Å². The molecular formula is C17H21ClN2O. The highest BCUT2D eigenvalue weighted by molar-refractivity contribution is 6.31. The minimum atomic E-state index is 0.0513. The SMILES string of the molecule is CCC(CC)n1ccc(CC(=O)c2cc(C)cc(Cl)c2)n1. The van der Waals surface area contributed by atoms with Crippen molar-refractivity contribution >= 4 is 17.4 Å². The third kappa shape index (κ3) is 3.94. The van der Waals surface area contributed by atoms with Crippen LogP contribution in [0.1, 0.15) is 54.3 Å². The third-order valence-electron chi connectivity index (χ3n) is 3.69. The van der Waals surface area contributed by atoms with Gasteiger partial charge in [0, 0.05) is 16.8 Å². The number of carbonyl (C=O) groups excluding carboxylic acids is 1. The molecule has 4 heteroatoms. The smallest absolute Gasteiger partial charge is 0.168 e. The first kappa shape index (κ1) is 15.8. The van der Waals surface area contributed by atoms with Crippen molar-refractivity contribution in [1.82, 2.24) is 9.78 Å². The van der Waals surface area contributed by atoms with Crippen LogP contribution in [0, 0.1) is 6.92 Å². The summed E-state index contributed by atoms with van der Waals surface area (Å²) in [5.74, 6) is 0.0513. The molecule has 0 unspecified atom stereocenters. The predicted molar refractivity (Wildman–Crippen MR) is 86.1 cm³/mol. The van der Waals surface area contributed by atoms with Gasteiger partial charge in [0.05, 0.1) is 18.2 Å². The highest BCUT2D eigenvalue weighted by Gasteiger charge is 2.12. The summed E-state index contributed by atoms with van der Waals surface area (Å²) in [7, 11) is 0. The zero-order chi connectivity index (χ0) is 15.4. The molecule has 3 nitrogen and oxygen atoms in total. The molecule has 1 aromatic heterocycles. The quantitative estimate of drug-likeness (QED) is 0.729. The first-order valence-corrected chi connectivity index (χ1v) is 7.75. The molecule has 2 aromatic rings. The Labute approximate surface area is 130 Å². The number of Topliss-reactive ketones (excluding diaryl/α,β-unsaturated/α-hetero) is 1. The van der Waals surface area contributed by atoms with Crippen LogP contribution in [0.4, 0.5) is 0 Å². The zero-order valence-electron chi connectivity index (χ0n) is 12.8. The molecule has 0 saturated carbocycles. The van der Waals surface area contributed by atoms with E-state index in [-0.39, 0.29) is 5.78 Å². The summed E-state index contributed by atoms with van der Waals surface area (Å²) in [6.45, 7) is 6.23. The van der Waals surface area contributed by atoms with E-state index < -0.39 is 0 Å². The van der Waals surface area contributed by atoms with E-state index in [4.69, 9.17) is 11.6 Å². The van der Waals surface area contributed by atoms with Crippen molar-refractivity contribution < 1.29 is 4.79 Å². The number of ketones is 1. The number of nitrogens with zero attached hydrogens (tertiary/aromatic N) is 2. The standard InChI is InChI=1S/C17H21ClN2O/c1-4-16(5-2)20-7-6-15(19-20)11-17(21)13-8-12(3)9-14(18)10-13/h6-10,16H,4-5,11H2,1-3H3. The molecule has 0 radical (unpaired) electrons. The van der Waals surface area contributed by atoms with Crippen LogP contribution in [-0.4, -0.2) is 15.6 Å². The van der Waals surface area contributed by atoms with Crippen molar-refractivity contribution in [3.63, 3.8) is 0 Å². The zero-order valence-corrected chi connectivity index (χ0v) is 13.5. The highest BCUT2D eigenvalue weighted by atomic mass is 35.5. The number of aromatic nitrogens is 2. The van der Waals surface area contributed by atoms with Gasteiger partial charge in [0.15, 0.2) is 5.78 Å². The Kier molecular flexibility index (Phi) is 5.18. The number of aryl methyl sites for hydroxylation is 1. The minimum Gasteiger partial charge on any atom is -0.294 e. The van der Waals surface area contributed by atoms with Crippen molar-refractivity contribution in [3.05, 3.63) is 52.3 Å². The van der Waals surface area contributed by atoms with Crippen LogP contribution in [0.15, 0.2) is 30.5 Å². The Hall–Kier alpha value is -1.61. The van der Waals surface area contributed by atoms with Gasteiger partial charge in [0.2, 0.25) is 0 Å². The molecule has 0 fully saturated rings. The van der Waals surface area contributed by atoms with Crippen LogP contribution >= 0.6 is 11.6 Å². The molecule has 0 N–H and O–H groups in total. The molecule has 0 spiro atoms. The van der Waals surface area contributed by atoms with E-state index in [0.29, 0.717) is 23.0 Å². The van der Waals surface area contributed by atoms with Gasteiger partial charge in [-0.2, -0.15) is 5.10 Å². The average Bonchev–Trinajstić information content (AvgIpc) is 2.87. The molecule has 2 rings (SSSR count). The Balaban J connectivity index is 2.12. The monoisotopic (exact) mass is 304 g/mol. The number of carbonyl (C=O) groups is 1. The van der Waals surface area contributed by atoms with Crippen molar-refractivity contribution in [2.75, 3.05) is 0 Å². The van der Waals surface area contributed by atoms with Gasteiger partial charge in [0.25, 0.3) is 0 Å². The van der Waals surface area contributed by atoms with Crippen molar-refractivity contribution in [2.45, 2.75) is 46.1 Å². The van der Waals surface area contributed by atoms with Crippen LogP contribution in [0.3, 0.4) is 0 Å². The lowest BCUT2D eigenvalue weighted by atomic mass is 10.0. The molecular weight excluding hydrogens is 284 g/mol. The molecule has 1 aromatic carbocycles. The normalized spacial score (nSPS) is 11.1. The fourth-order valence-electron chi connectivity index (χ4n) is 2.50. The van der Waals surface area contributed by atoms with Gasteiger partial charge in [-0.1, -0.05) is 25.4 Å². The maximum atomic E-state index is 12.3. The van der Waals surface area contributed by atoms with Crippen LogP contribution in [0.25, 0.3) is 0 Å². The molecule has 1 heterocycles. The first-order valence-electron chi connectivity index (χ1n) is 7.37. The number of benzene rings is 1. The Morgan fingerprint density at radius 3 is 2.62 bits per heavy atom. The Morgan fingerprint density at radius 1 is 1.29 bits per heavy atom. The minimum absolute atomic E-state index is 0.0513. The Morgan fingerprint density at radius 2 is 2.00 bits per heavy atom. The van der Waals surface area contributed by atoms with E-state index >= 15 is 0 Å². The molecule has 112 valence electrons. The van der Waals surface area contributed by atoms with Crippen LogP contribution < -0.4 is 0 Å². The summed E-state index contributed by atoms with van der Waals surface area (Å²) < 4.78 is 1.96. The lowest BCUT2D eigenvalue weighted by Gasteiger charge is -2.12. The predicted octanol–water partition coefficient (Wildman–Crippen LogP) is 4.63. The molecule has 0 aliphatic carbocycles. The van der Waals surface area contributed by atoms with Crippen LogP contribution in [0.2, 0.25) is 5.02 Å². The fraction of sp³-hybridized carbons (Fsp3) is 0.412. The first-order chi connectivity index (χ1) is 10.0. The maximum Gasteiger partial charge on any atom is 0.168 e. The number of hydrogen-bond donors (Lipinski definition) is 0. The van der Waals surface area contributed by atoms with E-state index in [1.165, 1.54) is 0 Å². The number of hydrogen-bond acceptors (Lipinski definition) is 2. The summed E-state index contributed by atoms with van der Waals surface area (Å²) >= 11 is 6.01. The largest absolute Gasteiger partial charge is 0.294 e. The van der Waals surface area contributed by atoms with Crippen LogP contribution in [-0.2, 0) is 6.42 Å². The van der Waals surface area contributed by atoms with Crippen LogP contribution in [0.5, 0.6) is 0 Å². The van der Waals surface area contributed by atoms with E-state index in [0.717, 1.165) is 24.1 Å². The van der Waals surface area contributed by atoms with E-state index in [1.54, 1.807) is 6.07 Å². The average molecular weight is 305 g/mol. The fourth-order valence-corrected chi connectivity index (χ4v) is 2.79. The van der Waals surface area contributed by atoms with Crippen molar-refractivity contribution in [3.8, 4) is 0 Å². The summed E-state index contributed by atoms with van der Waals surface area (Å²) in [6.07, 6.45) is 4.36. The molecule has 0 bridgehead atoms. The summed E-state index contributed by atoms with van der Waals surface area (Å²) in [5, 5.41) is 5.12. The van der Waals surface area contributed by atoms with E-state index in [9.17, 15) is 4.79 Å². The van der Waals surface area contributed by atoms with Gasteiger partial charge in [-0.3, -0.25) is 9.48 Å². The second kappa shape index (κ2) is 6.90. The summed E-state index contributed by atoms with van der Waals surface area (Å²) in [5.41, 5.74) is 2.45. The third-order valence-corrected chi connectivity index (χ3v) is 3.90. The molecule has 0 amide bonds. The van der Waals surface area contributed by atoms with Gasteiger partial charge in [-0.15, -0.1) is 0 Å². The summed E-state index contributed by atoms with van der Waals surface area (Å²) in [4.78, 5) is 12.3. The molecule has 0 saturated heterocycles. The van der Waals surface area contributed by atoms with Gasteiger partial charge in [0.1, 0.15) is 0 Å². The Bertz CT molecular complexity index is 609. The molecule has 21 heavy (non-hydrogen) atoms. The number of halogens is 1. The van der Waals surface area contributed by atoms with Gasteiger partial charge < -0.3 is 0 Å². The lowest BCUT2D eigenvalue weighted by molar-refractivity contribution is 0.0991. The molecule has 0 aliphatic rings. The second-order valence-corrected chi connectivity index (χ2v) is 5.81. The highest BCUT2D eigenvalue weighted by Crippen LogP contribution is 2.18. The van der Waals surface area contributed by atoms with E-state index in [2.05, 4.69) is 18.9 Å². The second-order valence-electron chi connectivity index (χ2n) is 5.37. The molecule has 0 atom stereocenters. The number of rotatable bonds is 6. The maximum absolute atomic E-state index is 12.3. The van der Waals surface area contributed by atoms with Gasteiger partial charge in [-0.05, 0) is 49.6 Å². The molecule has 0 aliphatic heterocycles. The van der Waals surface area contributed by atoms with Crippen molar-refractivity contribution in [1.29, 1.82) is 0 Å². The van der Waals surface area contributed by atoms with Gasteiger partial charge in [-0.25, -0.2) is 0 Å². The van der Waals surface area contributed by atoms with E-state index in [1.807, 2.05) is 36.0 Å². The van der Waals surface area contributed by atoms with Crippen molar-refractivity contribution in [2.24, 2.45) is 0 Å². The van der Waals surface area contributed by atoms with Gasteiger partial charge >= 0.3 is 0 Å².